The number of piperidine rings is 1. The Bertz CT molecular complexity index is 1420. The fraction of sp³-hybridized carbons (Fsp3) is 0.320. The van der Waals surface area contributed by atoms with Gasteiger partial charge in [0.2, 0.25) is 9.84 Å². The van der Waals surface area contributed by atoms with Gasteiger partial charge in [-0.2, -0.15) is 5.10 Å². The Morgan fingerprint density at radius 3 is 2.48 bits per heavy atom. The number of hydrogen-bond donors (Lipinski definition) is 0. The second-order valence-electron chi connectivity index (χ2n) is 8.72. The molecule has 8 heteroatoms. The Balaban J connectivity index is 0.00000228. The SMILES string of the molecule is Cl.O=S(=O)(c1cccc2ccccc12)c1nn2c3c(cccc13)OC(CN1CCCCC1)C2. The minimum absolute atomic E-state index is 0. The van der Waals surface area contributed by atoms with Crippen molar-refractivity contribution in [2.45, 2.75) is 41.8 Å². The van der Waals surface area contributed by atoms with Crippen LogP contribution in [0.3, 0.4) is 0 Å². The largest absolute Gasteiger partial charge is 0.485 e. The number of sulfone groups is 1. The lowest BCUT2D eigenvalue weighted by molar-refractivity contribution is 0.0974. The van der Waals surface area contributed by atoms with Crippen LogP contribution < -0.4 is 4.74 Å². The molecule has 4 aromatic rings. The summed E-state index contributed by atoms with van der Waals surface area (Å²) >= 11 is 0. The average molecular weight is 484 g/mol. The van der Waals surface area contributed by atoms with Gasteiger partial charge in [-0.3, -0.25) is 9.58 Å². The third-order valence-electron chi connectivity index (χ3n) is 6.57. The molecule has 0 saturated carbocycles. The van der Waals surface area contributed by atoms with Crippen LogP contribution in [-0.4, -0.2) is 48.8 Å². The number of halogens is 1. The molecule has 3 heterocycles. The van der Waals surface area contributed by atoms with Gasteiger partial charge in [0.1, 0.15) is 17.4 Å². The molecule has 3 aromatic carbocycles. The Hall–Kier alpha value is -2.61. The summed E-state index contributed by atoms with van der Waals surface area (Å²) in [7, 11) is -3.81. The van der Waals surface area contributed by atoms with Gasteiger partial charge in [0.25, 0.3) is 0 Å². The smallest absolute Gasteiger partial charge is 0.226 e. The van der Waals surface area contributed by atoms with E-state index in [1.807, 2.05) is 53.2 Å². The van der Waals surface area contributed by atoms with Gasteiger partial charge in [-0.25, -0.2) is 8.42 Å². The second-order valence-corrected chi connectivity index (χ2v) is 10.6. The lowest BCUT2D eigenvalue weighted by Gasteiger charge is -2.32. The molecule has 1 aromatic heterocycles. The van der Waals surface area contributed by atoms with Crippen LogP contribution in [0.1, 0.15) is 19.3 Å². The summed E-state index contributed by atoms with van der Waals surface area (Å²) in [5, 5.41) is 6.98. The number of nitrogens with zero attached hydrogens (tertiary/aromatic N) is 3. The number of rotatable bonds is 4. The first-order valence-corrected chi connectivity index (χ1v) is 12.7. The zero-order valence-corrected chi connectivity index (χ0v) is 19.8. The molecule has 6 rings (SSSR count). The topological polar surface area (TPSA) is 64.4 Å². The molecule has 0 bridgehead atoms. The minimum atomic E-state index is -3.81. The zero-order chi connectivity index (χ0) is 21.7. The Kier molecular flexibility index (Phi) is 5.80. The van der Waals surface area contributed by atoms with E-state index in [1.54, 1.807) is 12.1 Å². The molecule has 0 radical (unpaired) electrons. The Morgan fingerprint density at radius 2 is 1.64 bits per heavy atom. The average Bonchev–Trinajstić information content (AvgIpc) is 3.20. The number of likely N-dealkylation sites (tertiary alicyclic amines) is 1. The Labute approximate surface area is 199 Å². The molecule has 2 aliphatic rings. The van der Waals surface area contributed by atoms with Crippen molar-refractivity contribution in [2.24, 2.45) is 0 Å². The lowest BCUT2D eigenvalue weighted by atomic mass is 10.1. The van der Waals surface area contributed by atoms with Gasteiger partial charge in [-0.05, 0) is 49.5 Å². The predicted octanol–water partition coefficient (Wildman–Crippen LogP) is 4.69. The van der Waals surface area contributed by atoms with E-state index in [1.165, 1.54) is 19.3 Å². The number of ether oxygens (including phenoxy) is 1. The highest BCUT2D eigenvalue weighted by Crippen LogP contribution is 2.37. The number of para-hydroxylation sites is 1. The van der Waals surface area contributed by atoms with Crippen LogP contribution in [0, 0.1) is 0 Å². The van der Waals surface area contributed by atoms with Gasteiger partial charge in [-0.15, -0.1) is 12.4 Å². The third-order valence-corrected chi connectivity index (χ3v) is 8.32. The zero-order valence-electron chi connectivity index (χ0n) is 18.2. The van der Waals surface area contributed by atoms with Gasteiger partial charge in [0, 0.05) is 17.3 Å². The van der Waals surface area contributed by atoms with E-state index in [4.69, 9.17) is 4.74 Å². The minimum Gasteiger partial charge on any atom is -0.485 e. The van der Waals surface area contributed by atoms with E-state index in [9.17, 15) is 8.42 Å². The summed E-state index contributed by atoms with van der Waals surface area (Å²) in [5.41, 5.74) is 0.765. The molecule has 1 atom stereocenters. The quantitative estimate of drug-likeness (QED) is 0.421. The van der Waals surface area contributed by atoms with Crippen molar-refractivity contribution >= 4 is 43.9 Å². The summed E-state index contributed by atoms with van der Waals surface area (Å²) in [6.07, 6.45) is 3.70. The van der Waals surface area contributed by atoms with Crippen molar-refractivity contribution in [3.63, 3.8) is 0 Å². The summed E-state index contributed by atoms with van der Waals surface area (Å²) in [4.78, 5) is 2.73. The van der Waals surface area contributed by atoms with Crippen molar-refractivity contribution in [2.75, 3.05) is 19.6 Å². The van der Waals surface area contributed by atoms with Crippen molar-refractivity contribution in [1.82, 2.24) is 14.7 Å². The third kappa shape index (κ3) is 3.78. The summed E-state index contributed by atoms with van der Waals surface area (Å²) in [6.45, 7) is 3.57. The van der Waals surface area contributed by atoms with Crippen molar-refractivity contribution < 1.29 is 13.2 Å². The summed E-state index contributed by atoms with van der Waals surface area (Å²) < 4.78 is 35.7. The molecule has 172 valence electrons. The highest BCUT2D eigenvalue weighted by atomic mass is 35.5. The molecule has 0 spiro atoms. The van der Waals surface area contributed by atoms with Crippen molar-refractivity contribution in [3.8, 4) is 5.75 Å². The molecule has 6 nitrogen and oxygen atoms in total. The highest BCUT2D eigenvalue weighted by molar-refractivity contribution is 7.91. The first-order chi connectivity index (χ1) is 15.6. The van der Waals surface area contributed by atoms with E-state index in [0.717, 1.165) is 30.5 Å². The molecule has 33 heavy (non-hydrogen) atoms. The lowest BCUT2D eigenvalue weighted by Crippen LogP contribution is -2.42. The number of aromatic nitrogens is 2. The molecule has 0 amide bonds. The highest BCUT2D eigenvalue weighted by Gasteiger charge is 2.32. The monoisotopic (exact) mass is 483 g/mol. The number of benzene rings is 3. The van der Waals surface area contributed by atoms with E-state index in [2.05, 4.69) is 10.00 Å². The van der Waals surface area contributed by atoms with Crippen molar-refractivity contribution in [1.29, 1.82) is 0 Å². The molecule has 1 fully saturated rings. The van der Waals surface area contributed by atoms with Gasteiger partial charge in [0.05, 0.1) is 11.4 Å². The van der Waals surface area contributed by atoms with Crippen LogP contribution in [0.5, 0.6) is 5.75 Å². The van der Waals surface area contributed by atoms with Crippen LogP contribution in [0.25, 0.3) is 21.7 Å². The predicted molar refractivity (Wildman–Crippen MR) is 131 cm³/mol. The molecule has 1 saturated heterocycles. The second kappa shape index (κ2) is 8.63. The molecule has 0 N–H and O–H groups in total. The standard InChI is InChI=1S/C25H25N3O3S.ClH/c29-32(30,23-13-6-9-18-8-2-3-10-20(18)23)25-21-11-7-12-22-24(21)28(26-25)17-19(31-22)16-27-14-4-1-5-15-27;/h2-3,6-13,19H,1,4-5,14-17H2;1H. The number of fused-ring (bicyclic) bond motifs is 1. The van der Waals surface area contributed by atoms with Crippen LogP contribution >= 0.6 is 12.4 Å². The van der Waals surface area contributed by atoms with Crippen LogP contribution in [0.2, 0.25) is 0 Å². The number of hydrogen-bond acceptors (Lipinski definition) is 5. The van der Waals surface area contributed by atoms with Gasteiger partial charge in [0.15, 0.2) is 5.03 Å². The molecule has 0 aliphatic carbocycles. The molecule has 2 aliphatic heterocycles. The van der Waals surface area contributed by atoms with Gasteiger partial charge >= 0.3 is 0 Å². The maximum Gasteiger partial charge on any atom is 0.226 e. The van der Waals surface area contributed by atoms with Gasteiger partial charge in [-0.1, -0.05) is 48.9 Å². The maximum absolute atomic E-state index is 13.8. The van der Waals surface area contributed by atoms with Gasteiger partial charge < -0.3 is 4.74 Å². The van der Waals surface area contributed by atoms with Crippen molar-refractivity contribution in [3.05, 3.63) is 60.7 Å². The summed E-state index contributed by atoms with van der Waals surface area (Å²) in [6, 6.07) is 18.5. The Morgan fingerprint density at radius 1 is 0.909 bits per heavy atom. The van der Waals surface area contributed by atoms with E-state index in [0.29, 0.717) is 23.1 Å². The summed E-state index contributed by atoms with van der Waals surface area (Å²) in [5.74, 6) is 0.711. The first kappa shape index (κ1) is 22.2. The van der Waals surface area contributed by atoms with E-state index < -0.39 is 9.84 Å². The maximum atomic E-state index is 13.8. The fourth-order valence-corrected chi connectivity index (χ4v) is 6.67. The normalized spacial score (nSPS) is 18.7. The van der Waals surface area contributed by atoms with Crippen LogP contribution in [0.4, 0.5) is 0 Å². The molecular weight excluding hydrogens is 458 g/mol. The first-order valence-electron chi connectivity index (χ1n) is 11.2. The molecule has 1 unspecified atom stereocenters. The molecular formula is C25H26ClN3O3S. The fourth-order valence-electron chi connectivity index (χ4n) is 5.07. The van der Waals surface area contributed by atoms with E-state index in [-0.39, 0.29) is 28.4 Å². The van der Waals surface area contributed by atoms with Crippen LogP contribution in [0.15, 0.2) is 70.6 Å². The van der Waals surface area contributed by atoms with E-state index >= 15 is 0 Å². The van der Waals surface area contributed by atoms with Crippen LogP contribution in [-0.2, 0) is 16.4 Å².